The van der Waals surface area contributed by atoms with E-state index in [4.69, 9.17) is 4.74 Å². The van der Waals surface area contributed by atoms with Crippen LogP contribution in [0.4, 0.5) is 13.2 Å². The van der Waals surface area contributed by atoms with Crippen molar-refractivity contribution < 1.29 is 23.0 Å². The highest BCUT2D eigenvalue weighted by atomic mass is 32.1. The van der Waals surface area contributed by atoms with E-state index in [1.165, 1.54) is 0 Å². The summed E-state index contributed by atoms with van der Waals surface area (Å²) in [4.78, 5) is 2.41. The topological polar surface area (TPSA) is 50.5 Å². The summed E-state index contributed by atoms with van der Waals surface area (Å²) in [6, 6.07) is 2.11. The normalized spacial score (nSPS) is 25.5. The van der Waals surface area contributed by atoms with E-state index in [0.29, 0.717) is 36.3 Å². The van der Waals surface area contributed by atoms with Gasteiger partial charge in [-0.25, -0.2) is 0 Å². The molecule has 2 aliphatic rings. The third kappa shape index (κ3) is 3.97. The minimum atomic E-state index is -4.44. The Balaban J connectivity index is 1.50. The molecule has 1 fully saturated rings. The van der Waals surface area contributed by atoms with E-state index in [1.807, 2.05) is 16.9 Å². The average Bonchev–Trinajstić information content (AvgIpc) is 3.31. The number of aromatic nitrogens is 2. The molecule has 0 bridgehead atoms. The zero-order chi connectivity index (χ0) is 20.6. The van der Waals surface area contributed by atoms with E-state index in [1.54, 1.807) is 6.20 Å². The molecule has 9 heteroatoms. The van der Waals surface area contributed by atoms with Crippen LogP contribution >= 0.6 is 11.3 Å². The van der Waals surface area contributed by atoms with Crippen LogP contribution in [0.2, 0.25) is 0 Å². The fourth-order valence-electron chi connectivity index (χ4n) is 4.73. The number of rotatable bonds is 5. The summed E-state index contributed by atoms with van der Waals surface area (Å²) in [5, 5.41) is 13.9. The second-order valence-electron chi connectivity index (χ2n) is 7.93. The van der Waals surface area contributed by atoms with Gasteiger partial charge in [-0.1, -0.05) is 0 Å². The lowest BCUT2D eigenvalue weighted by atomic mass is 9.81. The Hall–Kier alpha value is -1.42. The smallest absolute Gasteiger partial charge is 0.392 e. The van der Waals surface area contributed by atoms with Crippen LogP contribution in [0.5, 0.6) is 0 Å². The molecule has 4 rings (SSSR count). The molecule has 29 heavy (non-hydrogen) atoms. The highest BCUT2D eigenvalue weighted by Crippen LogP contribution is 2.51. The summed E-state index contributed by atoms with van der Waals surface area (Å²) >= 11 is 0.778. The third-order valence-electron chi connectivity index (χ3n) is 6.12. The number of thiophene rings is 1. The van der Waals surface area contributed by atoms with Gasteiger partial charge in [0.1, 0.15) is 10.5 Å². The van der Waals surface area contributed by atoms with Crippen molar-refractivity contribution >= 4 is 11.3 Å². The van der Waals surface area contributed by atoms with Crippen molar-refractivity contribution in [3.05, 3.63) is 39.3 Å². The first-order valence-corrected chi connectivity index (χ1v) is 10.8. The Bertz CT molecular complexity index is 837. The lowest BCUT2D eigenvalue weighted by molar-refractivity contribution is -0.135. The molecule has 1 saturated heterocycles. The standard InChI is InChI=1S/C20H26F3N3O2S/c1-14-12-19(5-10-25(14)7-3-9-26-8-2-6-24-26)17-15(4-11-28-19)16(13-27)18(29-17)20(21,22)23/h2,6,8,14,27H,3-5,7,9-13H2,1H3/t14-,19+/m0/s1. The van der Waals surface area contributed by atoms with Gasteiger partial charge in [-0.2, -0.15) is 18.3 Å². The van der Waals surface area contributed by atoms with E-state index in [9.17, 15) is 18.3 Å². The van der Waals surface area contributed by atoms with Crippen LogP contribution < -0.4 is 0 Å². The number of alkyl halides is 3. The Morgan fingerprint density at radius 3 is 2.86 bits per heavy atom. The fourth-order valence-corrected chi connectivity index (χ4v) is 6.14. The molecule has 0 saturated carbocycles. The number of halogens is 3. The molecule has 0 aliphatic carbocycles. The Kier molecular flexibility index (Phi) is 5.76. The van der Waals surface area contributed by atoms with Crippen molar-refractivity contribution in [3.63, 3.8) is 0 Å². The molecule has 2 aromatic heterocycles. The van der Waals surface area contributed by atoms with Crippen LogP contribution in [0.15, 0.2) is 18.5 Å². The van der Waals surface area contributed by atoms with Crippen molar-refractivity contribution in [1.29, 1.82) is 0 Å². The summed E-state index contributed by atoms with van der Waals surface area (Å²) in [5.41, 5.74) is 0.0497. The molecule has 0 amide bonds. The maximum absolute atomic E-state index is 13.5. The first-order valence-electron chi connectivity index (χ1n) is 10.0. The number of likely N-dealkylation sites (tertiary alicyclic amines) is 1. The number of hydrogen-bond acceptors (Lipinski definition) is 5. The largest absolute Gasteiger partial charge is 0.425 e. The monoisotopic (exact) mass is 429 g/mol. The molecule has 1 spiro atoms. The number of fused-ring (bicyclic) bond motifs is 2. The molecule has 0 aromatic carbocycles. The van der Waals surface area contributed by atoms with Gasteiger partial charge in [0, 0.05) is 48.5 Å². The summed E-state index contributed by atoms with van der Waals surface area (Å²) < 4.78 is 48.6. The SMILES string of the molecule is C[C@H]1C[C@@]2(CCN1CCCn1cccn1)OCCc1c2sc(C(F)(F)F)c1CO. The lowest BCUT2D eigenvalue weighted by Gasteiger charge is -2.47. The average molecular weight is 430 g/mol. The van der Waals surface area contributed by atoms with E-state index in [0.717, 1.165) is 37.4 Å². The second-order valence-corrected chi connectivity index (χ2v) is 8.95. The lowest BCUT2D eigenvalue weighted by Crippen LogP contribution is -2.50. The van der Waals surface area contributed by atoms with Gasteiger partial charge in [-0.3, -0.25) is 4.68 Å². The quantitative estimate of drug-likeness (QED) is 0.786. The second kappa shape index (κ2) is 8.02. The maximum atomic E-state index is 13.5. The zero-order valence-electron chi connectivity index (χ0n) is 16.4. The minimum absolute atomic E-state index is 0.0504. The summed E-state index contributed by atoms with van der Waals surface area (Å²) in [7, 11) is 0. The van der Waals surface area contributed by atoms with E-state index < -0.39 is 23.3 Å². The van der Waals surface area contributed by atoms with Crippen molar-refractivity contribution in [2.75, 3.05) is 19.7 Å². The molecule has 0 radical (unpaired) electrons. The number of aliphatic hydroxyl groups is 1. The van der Waals surface area contributed by atoms with Crippen LogP contribution in [-0.4, -0.2) is 45.5 Å². The number of ether oxygens (including phenoxy) is 1. The molecule has 1 N–H and O–H groups in total. The summed E-state index contributed by atoms with van der Waals surface area (Å²) in [6.07, 6.45) is 2.01. The first kappa shape index (κ1) is 20.8. The summed E-state index contributed by atoms with van der Waals surface area (Å²) in [6.45, 7) is 4.50. The number of aliphatic hydroxyl groups excluding tert-OH is 1. The predicted molar refractivity (Wildman–Crippen MR) is 104 cm³/mol. The van der Waals surface area contributed by atoms with Crippen molar-refractivity contribution in [2.24, 2.45) is 0 Å². The third-order valence-corrected chi connectivity index (χ3v) is 7.62. The van der Waals surface area contributed by atoms with Crippen LogP contribution in [0, 0.1) is 0 Å². The van der Waals surface area contributed by atoms with Gasteiger partial charge in [0.25, 0.3) is 0 Å². The van der Waals surface area contributed by atoms with Gasteiger partial charge in [0.15, 0.2) is 0 Å². The molecule has 160 valence electrons. The highest BCUT2D eigenvalue weighted by Gasteiger charge is 2.48. The van der Waals surface area contributed by atoms with Crippen molar-refractivity contribution in [3.8, 4) is 0 Å². The van der Waals surface area contributed by atoms with Crippen molar-refractivity contribution in [1.82, 2.24) is 14.7 Å². The zero-order valence-corrected chi connectivity index (χ0v) is 17.2. The number of hydrogen-bond donors (Lipinski definition) is 1. The molecular formula is C20H26F3N3O2S. The number of piperidine rings is 1. The van der Waals surface area contributed by atoms with E-state index in [-0.39, 0.29) is 11.6 Å². The highest BCUT2D eigenvalue weighted by molar-refractivity contribution is 7.12. The number of nitrogens with zero attached hydrogens (tertiary/aromatic N) is 3. The number of aryl methyl sites for hydroxylation is 1. The summed E-state index contributed by atoms with van der Waals surface area (Å²) in [5.74, 6) is 0. The molecule has 5 nitrogen and oxygen atoms in total. The van der Waals surface area contributed by atoms with Crippen LogP contribution in [0.1, 0.15) is 47.1 Å². The Morgan fingerprint density at radius 1 is 1.38 bits per heavy atom. The van der Waals surface area contributed by atoms with Gasteiger partial charge < -0.3 is 14.7 Å². The first-order chi connectivity index (χ1) is 13.8. The molecule has 0 unspecified atom stereocenters. The Labute approximate surface area is 172 Å². The van der Waals surface area contributed by atoms with Crippen LogP contribution in [0.3, 0.4) is 0 Å². The minimum Gasteiger partial charge on any atom is -0.392 e. The Morgan fingerprint density at radius 2 is 2.21 bits per heavy atom. The van der Waals surface area contributed by atoms with Crippen LogP contribution in [-0.2, 0) is 36.1 Å². The molecule has 2 aromatic rings. The van der Waals surface area contributed by atoms with Gasteiger partial charge in [-0.15, -0.1) is 11.3 Å². The van der Waals surface area contributed by atoms with Gasteiger partial charge in [0.2, 0.25) is 0 Å². The molecular weight excluding hydrogens is 403 g/mol. The van der Waals surface area contributed by atoms with Gasteiger partial charge in [-0.05, 0) is 44.2 Å². The van der Waals surface area contributed by atoms with Gasteiger partial charge in [0.05, 0.1) is 13.2 Å². The predicted octanol–water partition coefficient (Wildman–Crippen LogP) is 3.80. The maximum Gasteiger partial charge on any atom is 0.425 e. The van der Waals surface area contributed by atoms with Crippen molar-refractivity contribution in [2.45, 2.75) is 63.6 Å². The fraction of sp³-hybridized carbons (Fsp3) is 0.650. The van der Waals surface area contributed by atoms with E-state index in [2.05, 4.69) is 16.9 Å². The van der Waals surface area contributed by atoms with Crippen LogP contribution in [0.25, 0.3) is 0 Å². The molecule has 2 aliphatic heterocycles. The molecule has 2 atom stereocenters. The molecule has 4 heterocycles. The van der Waals surface area contributed by atoms with E-state index >= 15 is 0 Å². The van der Waals surface area contributed by atoms with Gasteiger partial charge >= 0.3 is 6.18 Å².